The van der Waals surface area contributed by atoms with Gasteiger partial charge in [-0.25, -0.2) is 9.78 Å². The van der Waals surface area contributed by atoms with Crippen molar-refractivity contribution in [2.75, 3.05) is 6.54 Å². The molecule has 0 saturated carbocycles. The average Bonchev–Trinajstić information content (AvgIpc) is 3.27. The van der Waals surface area contributed by atoms with E-state index in [1.807, 2.05) is 44.2 Å². The molecule has 160 valence electrons. The maximum atomic E-state index is 13.0. The first kappa shape index (κ1) is 20.6. The number of imide groups is 1. The lowest BCUT2D eigenvalue weighted by Crippen LogP contribution is -2.44. The lowest BCUT2D eigenvalue weighted by Gasteiger charge is -2.23. The molecule has 8 heteroatoms. The van der Waals surface area contributed by atoms with Crippen LogP contribution in [0, 0.1) is 5.92 Å². The van der Waals surface area contributed by atoms with Crippen molar-refractivity contribution >= 4 is 28.9 Å². The van der Waals surface area contributed by atoms with Crippen LogP contribution in [0.5, 0.6) is 0 Å². The summed E-state index contributed by atoms with van der Waals surface area (Å²) in [6.07, 6.45) is 0. The Kier molecular flexibility index (Phi) is 5.22. The third-order valence-electron chi connectivity index (χ3n) is 5.61. The summed E-state index contributed by atoms with van der Waals surface area (Å²) in [5.41, 5.74) is 1.16. The van der Waals surface area contributed by atoms with Crippen LogP contribution in [-0.4, -0.2) is 39.3 Å². The number of carbonyl (C=O) groups is 3. The average molecular weight is 419 g/mol. The molecular formula is C23H25N5O3. The zero-order valence-electron chi connectivity index (χ0n) is 17.7. The molecule has 0 bridgehead atoms. The number of imidazole rings is 1. The van der Waals surface area contributed by atoms with Crippen molar-refractivity contribution in [1.29, 1.82) is 0 Å². The first-order valence-electron chi connectivity index (χ1n) is 10.2. The number of aromatic nitrogens is 2. The van der Waals surface area contributed by atoms with E-state index in [0.717, 1.165) is 15.9 Å². The summed E-state index contributed by atoms with van der Waals surface area (Å²) >= 11 is 0. The normalized spacial score (nSPS) is 19.7. The van der Waals surface area contributed by atoms with E-state index in [1.54, 1.807) is 31.2 Å². The van der Waals surface area contributed by atoms with Gasteiger partial charge in [-0.1, -0.05) is 56.3 Å². The summed E-state index contributed by atoms with van der Waals surface area (Å²) < 4.78 is 0. The first-order chi connectivity index (χ1) is 14.8. The van der Waals surface area contributed by atoms with Crippen molar-refractivity contribution in [2.24, 2.45) is 5.92 Å². The summed E-state index contributed by atoms with van der Waals surface area (Å²) in [6, 6.07) is 15.6. The van der Waals surface area contributed by atoms with Crippen LogP contribution in [-0.2, 0) is 15.1 Å². The smallest absolute Gasteiger partial charge is 0.325 e. The van der Waals surface area contributed by atoms with E-state index in [2.05, 4.69) is 20.6 Å². The van der Waals surface area contributed by atoms with Crippen molar-refractivity contribution in [3.8, 4) is 0 Å². The van der Waals surface area contributed by atoms with Crippen LogP contribution in [0.2, 0.25) is 0 Å². The highest BCUT2D eigenvalue weighted by molar-refractivity contribution is 6.09. The molecule has 0 unspecified atom stereocenters. The molecule has 8 nitrogen and oxygen atoms in total. The molecular weight excluding hydrogens is 394 g/mol. The highest BCUT2D eigenvalue weighted by atomic mass is 16.2. The van der Waals surface area contributed by atoms with E-state index in [9.17, 15) is 14.4 Å². The fraction of sp³-hybridized carbons (Fsp3) is 0.304. The second-order valence-electron chi connectivity index (χ2n) is 8.24. The van der Waals surface area contributed by atoms with E-state index >= 15 is 0 Å². The van der Waals surface area contributed by atoms with Gasteiger partial charge >= 0.3 is 6.03 Å². The van der Waals surface area contributed by atoms with Crippen LogP contribution in [0.25, 0.3) is 11.0 Å². The molecule has 0 radical (unpaired) electrons. The molecule has 1 aromatic heterocycles. The van der Waals surface area contributed by atoms with E-state index in [-0.39, 0.29) is 18.5 Å². The summed E-state index contributed by atoms with van der Waals surface area (Å²) in [6.45, 7) is 5.22. The molecule has 4 rings (SSSR count). The predicted octanol–water partition coefficient (Wildman–Crippen LogP) is 2.84. The number of amides is 4. The van der Waals surface area contributed by atoms with Gasteiger partial charge in [-0.15, -0.1) is 0 Å². The van der Waals surface area contributed by atoms with Gasteiger partial charge in [0.15, 0.2) is 0 Å². The summed E-state index contributed by atoms with van der Waals surface area (Å²) in [7, 11) is 0. The molecule has 1 aliphatic rings. The van der Waals surface area contributed by atoms with Crippen molar-refractivity contribution in [2.45, 2.75) is 32.4 Å². The number of aromatic amines is 1. The van der Waals surface area contributed by atoms with Crippen LogP contribution in [0.4, 0.5) is 4.79 Å². The standard InChI is InChI=1S/C23H25N5O3/c1-14(2)19(20-24-16-11-7-8-12-17(16)25-20)26-18(29)13-28-21(30)23(3,27-22(28)31)15-9-5-4-6-10-15/h4-12,14,19H,13H2,1-3H3,(H,24,25)(H,26,29)(H,27,31)/t19-,23-/m1/s1. The van der Waals surface area contributed by atoms with Gasteiger partial charge in [0.2, 0.25) is 5.91 Å². The number of hydrogen-bond acceptors (Lipinski definition) is 4. The third kappa shape index (κ3) is 3.76. The summed E-state index contributed by atoms with van der Waals surface area (Å²) in [5, 5.41) is 5.64. The Morgan fingerprint density at radius 2 is 1.77 bits per heavy atom. The molecule has 1 aliphatic heterocycles. The zero-order chi connectivity index (χ0) is 22.2. The van der Waals surface area contributed by atoms with Gasteiger partial charge in [-0.3, -0.25) is 14.5 Å². The monoisotopic (exact) mass is 419 g/mol. The zero-order valence-corrected chi connectivity index (χ0v) is 17.7. The maximum Gasteiger partial charge on any atom is 0.325 e. The highest BCUT2D eigenvalue weighted by Gasteiger charge is 2.49. The van der Waals surface area contributed by atoms with Crippen molar-refractivity contribution in [3.63, 3.8) is 0 Å². The topological polar surface area (TPSA) is 107 Å². The van der Waals surface area contributed by atoms with Crippen molar-refractivity contribution < 1.29 is 14.4 Å². The van der Waals surface area contributed by atoms with Crippen LogP contribution < -0.4 is 10.6 Å². The number of carbonyl (C=O) groups excluding carboxylic acids is 3. The second-order valence-corrected chi connectivity index (χ2v) is 8.24. The number of nitrogens with zero attached hydrogens (tertiary/aromatic N) is 2. The number of nitrogens with one attached hydrogen (secondary N) is 3. The molecule has 0 spiro atoms. The number of benzene rings is 2. The summed E-state index contributed by atoms with van der Waals surface area (Å²) in [4.78, 5) is 47.1. The Balaban J connectivity index is 1.50. The molecule has 31 heavy (non-hydrogen) atoms. The molecule has 4 amide bonds. The minimum Gasteiger partial charge on any atom is -0.344 e. The van der Waals surface area contributed by atoms with Gasteiger partial charge < -0.3 is 15.6 Å². The second kappa shape index (κ2) is 7.86. The van der Waals surface area contributed by atoms with Gasteiger partial charge in [0.25, 0.3) is 5.91 Å². The van der Waals surface area contributed by atoms with Gasteiger partial charge in [-0.05, 0) is 30.5 Å². The van der Waals surface area contributed by atoms with E-state index in [1.165, 1.54) is 0 Å². The fourth-order valence-electron chi connectivity index (χ4n) is 3.84. The lowest BCUT2D eigenvalue weighted by atomic mass is 9.92. The minimum atomic E-state index is -1.20. The maximum absolute atomic E-state index is 13.0. The highest BCUT2D eigenvalue weighted by Crippen LogP contribution is 2.28. The van der Waals surface area contributed by atoms with Gasteiger partial charge in [0.05, 0.1) is 17.1 Å². The van der Waals surface area contributed by atoms with Crippen LogP contribution in [0.1, 0.15) is 38.2 Å². The molecule has 2 atom stereocenters. The Hall–Kier alpha value is -3.68. The minimum absolute atomic E-state index is 0.0437. The number of para-hydroxylation sites is 2. The lowest BCUT2D eigenvalue weighted by molar-refractivity contribution is -0.135. The number of H-pyrrole nitrogens is 1. The molecule has 1 saturated heterocycles. The Bertz CT molecular complexity index is 1110. The van der Waals surface area contributed by atoms with Gasteiger partial charge in [0.1, 0.15) is 17.9 Å². The van der Waals surface area contributed by atoms with E-state index in [0.29, 0.717) is 11.4 Å². The van der Waals surface area contributed by atoms with E-state index in [4.69, 9.17) is 0 Å². The molecule has 2 aromatic carbocycles. The number of rotatable bonds is 6. The number of fused-ring (bicyclic) bond motifs is 1. The molecule has 1 fully saturated rings. The largest absolute Gasteiger partial charge is 0.344 e. The quantitative estimate of drug-likeness (QED) is 0.534. The van der Waals surface area contributed by atoms with E-state index < -0.39 is 23.4 Å². The third-order valence-corrected chi connectivity index (χ3v) is 5.61. The van der Waals surface area contributed by atoms with Crippen LogP contribution in [0.15, 0.2) is 54.6 Å². The Morgan fingerprint density at radius 3 is 2.45 bits per heavy atom. The van der Waals surface area contributed by atoms with Crippen LogP contribution >= 0.6 is 0 Å². The SMILES string of the molecule is CC(C)[C@@H](NC(=O)CN1C(=O)N[C@](C)(c2ccccc2)C1=O)c1nc2ccccc2[nH]1. The first-order valence-corrected chi connectivity index (χ1v) is 10.2. The Morgan fingerprint density at radius 1 is 1.10 bits per heavy atom. The fourth-order valence-corrected chi connectivity index (χ4v) is 3.84. The number of hydrogen-bond donors (Lipinski definition) is 3. The molecule has 0 aliphatic carbocycles. The van der Waals surface area contributed by atoms with Crippen molar-refractivity contribution in [3.05, 3.63) is 66.0 Å². The van der Waals surface area contributed by atoms with Crippen LogP contribution in [0.3, 0.4) is 0 Å². The molecule has 2 heterocycles. The predicted molar refractivity (Wildman–Crippen MR) is 116 cm³/mol. The summed E-state index contributed by atoms with van der Waals surface area (Å²) in [5.74, 6) is -0.207. The molecule has 3 aromatic rings. The molecule has 3 N–H and O–H groups in total. The number of urea groups is 1. The van der Waals surface area contributed by atoms with Gasteiger partial charge in [0, 0.05) is 0 Å². The van der Waals surface area contributed by atoms with Gasteiger partial charge in [-0.2, -0.15) is 0 Å². The van der Waals surface area contributed by atoms with Crippen molar-refractivity contribution in [1.82, 2.24) is 25.5 Å². The Labute approximate surface area is 180 Å².